The van der Waals surface area contributed by atoms with Crippen molar-refractivity contribution in [1.82, 2.24) is 10.2 Å². The number of nitrogens with one attached hydrogen (secondary N) is 2. The van der Waals surface area contributed by atoms with Crippen molar-refractivity contribution < 1.29 is 29.3 Å². The van der Waals surface area contributed by atoms with Gasteiger partial charge in [-0.3, -0.25) is 9.69 Å². The second-order valence-electron chi connectivity index (χ2n) is 11.1. The largest absolute Gasteiger partial charge is 0.508 e. The number of anilines is 1. The lowest BCUT2D eigenvalue weighted by molar-refractivity contribution is -0.121. The van der Waals surface area contributed by atoms with Crippen LogP contribution < -0.4 is 10.6 Å². The van der Waals surface area contributed by atoms with Crippen molar-refractivity contribution in [2.24, 2.45) is 5.92 Å². The van der Waals surface area contributed by atoms with Crippen molar-refractivity contribution in [2.45, 2.75) is 63.5 Å². The van der Waals surface area contributed by atoms with Crippen LogP contribution in [0.1, 0.15) is 43.9 Å². The van der Waals surface area contributed by atoms with E-state index in [0.29, 0.717) is 38.1 Å². The predicted molar refractivity (Wildman–Crippen MR) is 146 cm³/mol. The summed E-state index contributed by atoms with van der Waals surface area (Å²) in [6.45, 7) is 5.42. The third-order valence-electron chi connectivity index (χ3n) is 7.56. The predicted octanol–water partition coefficient (Wildman–Crippen LogP) is 3.53. The first kappa shape index (κ1) is 27.2. The monoisotopic (exact) mass is 535 g/mol. The van der Waals surface area contributed by atoms with E-state index in [9.17, 15) is 19.8 Å². The molecule has 2 aliphatic heterocycles. The van der Waals surface area contributed by atoms with E-state index < -0.39 is 24.3 Å². The van der Waals surface area contributed by atoms with E-state index in [-0.39, 0.29) is 36.3 Å². The molecule has 0 bridgehead atoms. The number of amides is 2. The number of ether oxygens (including phenoxy) is 2. The van der Waals surface area contributed by atoms with Crippen LogP contribution in [0.2, 0.25) is 0 Å². The number of nitrogens with zero attached hydrogens (tertiary/aromatic N) is 1. The molecule has 9 nitrogen and oxygen atoms in total. The molecule has 39 heavy (non-hydrogen) atoms. The highest BCUT2D eigenvalue weighted by molar-refractivity contribution is 6.02. The van der Waals surface area contributed by atoms with E-state index in [1.54, 1.807) is 12.1 Å². The van der Waals surface area contributed by atoms with Gasteiger partial charge in [-0.2, -0.15) is 0 Å². The molecule has 3 aliphatic rings. The highest BCUT2D eigenvalue weighted by atomic mass is 16.6. The van der Waals surface area contributed by atoms with Gasteiger partial charge in [-0.1, -0.05) is 56.3 Å². The fourth-order valence-electron chi connectivity index (χ4n) is 5.82. The first-order valence-electron chi connectivity index (χ1n) is 13.6. The van der Waals surface area contributed by atoms with Gasteiger partial charge >= 0.3 is 6.09 Å². The van der Waals surface area contributed by atoms with Crippen LogP contribution >= 0.6 is 0 Å². The number of phenolic OH excluding ortho intramolecular Hbond substituents is 1. The molecule has 5 rings (SSSR count). The Morgan fingerprint density at radius 3 is 2.74 bits per heavy atom. The zero-order valence-electron chi connectivity index (χ0n) is 22.4. The van der Waals surface area contributed by atoms with Crippen LogP contribution in [-0.2, 0) is 20.7 Å². The molecular weight excluding hydrogens is 498 g/mol. The Labute approximate surface area is 228 Å². The number of hydrogen-bond acceptors (Lipinski definition) is 7. The fraction of sp³-hybridized carbons (Fsp3) is 0.467. The Morgan fingerprint density at radius 2 is 2.00 bits per heavy atom. The number of hydrogen-bond donors (Lipinski definition) is 4. The molecular formula is C30H37N3O6. The number of carbonyl (C=O) groups excluding carboxylic acids is 2. The molecule has 9 heteroatoms. The van der Waals surface area contributed by atoms with Crippen LogP contribution in [-0.4, -0.2) is 71.2 Å². The first-order chi connectivity index (χ1) is 18.8. The number of alkyl carbamates (subject to hydrolysis) is 1. The molecule has 2 heterocycles. The van der Waals surface area contributed by atoms with Crippen molar-refractivity contribution in [2.75, 3.05) is 25.0 Å². The summed E-state index contributed by atoms with van der Waals surface area (Å²) in [4.78, 5) is 28.0. The van der Waals surface area contributed by atoms with Gasteiger partial charge in [-0.25, -0.2) is 4.79 Å². The standard InChI is InChI=1S/C30H37N3O6/c1-18(2)16-33(28-23-9-8-21(34)14-24(23)31-29(28)36)17-26(35)25(12-19-6-4-3-5-7-19)32-30(37)39-22-13-20-10-11-38-27(20)15-22/h3-10,14,18,22,25-28,34-35H,11-13,15-17H2,1-2H3,(H,31,36)(H,32,37)/t22?,25?,26-,27?,28?/m1/s1. The number of rotatable bonds is 10. The summed E-state index contributed by atoms with van der Waals surface area (Å²) in [7, 11) is 0. The zero-order chi connectivity index (χ0) is 27.5. The Balaban J connectivity index is 1.32. The summed E-state index contributed by atoms with van der Waals surface area (Å²) >= 11 is 0. The van der Waals surface area contributed by atoms with Gasteiger partial charge in [-0.05, 0) is 29.5 Å². The van der Waals surface area contributed by atoms with Gasteiger partial charge in [-0.15, -0.1) is 0 Å². The lowest BCUT2D eigenvalue weighted by Gasteiger charge is -2.34. The molecule has 0 aromatic heterocycles. The van der Waals surface area contributed by atoms with E-state index in [1.165, 1.54) is 11.6 Å². The summed E-state index contributed by atoms with van der Waals surface area (Å²) in [5, 5.41) is 27.2. The zero-order valence-corrected chi connectivity index (χ0v) is 22.4. The molecule has 1 saturated carbocycles. The van der Waals surface area contributed by atoms with E-state index in [2.05, 4.69) is 30.6 Å². The maximum Gasteiger partial charge on any atom is 0.407 e. The number of aromatic hydroxyl groups is 1. The topological polar surface area (TPSA) is 120 Å². The fourth-order valence-corrected chi connectivity index (χ4v) is 5.82. The van der Waals surface area contributed by atoms with Gasteiger partial charge in [0.2, 0.25) is 5.91 Å². The Kier molecular flexibility index (Phi) is 8.20. The molecule has 2 aromatic carbocycles. The summed E-state index contributed by atoms with van der Waals surface area (Å²) in [6, 6.07) is 13.2. The smallest absolute Gasteiger partial charge is 0.407 e. The third-order valence-corrected chi connectivity index (χ3v) is 7.56. The molecule has 4 N–H and O–H groups in total. The molecule has 1 fully saturated rings. The van der Waals surface area contributed by atoms with Crippen LogP contribution in [0.4, 0.5) is 10.5 Å². The SMILES string of the molecule is CC(C)CN(C[C@@H](O)C(Cc1ccccc1)NC(=O)OC1CC2=CCOC2C1)C1C(=O)Nc2cc(O)ccc21. The maximum absolute atomic E-state index is 13.0. The van der Waals surface area contributed by atoms with E-state index in [1.807, 2.05) is 35.2 Å². The molecule has 0 radical (unpaired) electrons. The van der Waals surface area contributed by atoms with Gasteiger partial charge in [0.15, 0.2) is 0 Å². The average Bonchev–Trinajstić information content (AvgIpc) is 3.56. The minimum Gasteiger partial charge on any atom is -0.508 e. The molecule has 4 unspecified atom stereocenters. The van der Waals surface area contributed by atoms with Gasteiger partial charge in [0, 0.05) is 43.2 Å². The number of aliphatic hydroxyl groups is 1. The molecule has 0 spiro atoms. The molecule has 0 saturated heterocycles. The Morgan fingerprint density at radius 1 is 1.21 bits per heavy atom. The Bertz CT molecular complexity index is 1220. The molecule has 208 valence electrons. The minimum atomic E-state index is -0.987. The van der Waals surface area contributed by atoms with E-state index in [4.69, 9.17) is 9.47 Å². The van der Waals surface area contributed by atoms with Gasteiger partial charge in [0.1, 0.15) is 17.9 Å². The van der Waals surface area contributed by atoms with Gasteiger partial charge in [0.05, 0.1) is 24.9 Å². The molecule has 1 aliphatic carbocycles. The molecule has 2 amide bonds. The highest BCUT2D eigenvalue weighted by Crippen LogP contribution is 2.37. The molecule has 2 aromatic rings. The van der Waals surface area contributed by atoms with Crippen molar-refractivity contribution in [1.29, 1.82) is 0 Å². The second-order valence-corrected chi connectivity index (χ2v) is 11.1. The minimum absolute atomic E-state index is 0.0282. The quantitative estimate of drug-likeness (QED) is 0.344. The van der Waals surface area contributed by atoms with Crippen molar-refractivity contribution in [3.63, 3.8) is 0 Å². The van der Waals surface area contributed by atoms with Crippen LogP contribution in [0.25, 0.3) is 0 Å². The van der Waals surface area contributed by atoms with Crippen molar-refractivity contribution in [3.05, 3.63) is 71.3 Å². The summed E-state index contributed by atoms with van der Waals surface area (Å²) in [5.41, 5.74) is 3.46. The number of aliphatic hydroxyl groups excluding tert-OH is 1. The van der Waals surface area contributed by atoms with E-state index in [0.717, 1.165) is 11.1 Å². The molecule has 5 atom stereocenters. The van der Waals surface area contributed by atoms with Crippen LogP contribution in [0.15, 0.2) is 60.2 Å². The summed E-state index contributed by atoms with van der Waals surface area (Å²) < 4.78 is 11.4. The number of benzene rings is 2. The van der Waals surface area contributed by atoms with Crippen LogP contribution in [0, 0.1) is 5.92 Å². The maximum atomic E-state index is 13.0. The summed E-state index contributed by atoms with van der Waals surface area (Å²) in [5.74, 6) is 0.0817. The number of fused-ring (bicyclic) bond motifs is 2. The second kappa shape index (κ2) is 11.8. The lowest BCUT2D eigenvalue weighted by Crippen LogP contribution is -2.51. The first-order valence-corrected chi connectivity index (χ1v) is 13.6. The number of carbonyl (C=O) groups is 2. The van der Waals surface area contributed by atoms with Crippen LogP contribution in [0.3, 0.4) is 0 Å². The van der Waals surface area contributed by atoms with Crippen molar-refractivity contribution in [3.8, 4) is 5.75 Å². The van der Waals surface area contributed by atoms with Gasteiger partial charge < -0.3 is 30.3 Å². The number of phenols is 1. The lowest BCUT2D eigenvalue weighted by atomic mass is 9.98. The van der Waals surface area contributed by atoms with Gasteiger partial charge in [0.25, 0.3) is 0 Å². The van der Waals surface area contributed by atoms with Crippen LogP contribution in [0.5, 0.6) is 5.75 Å². The average molecular weight is 536 g/mol. The normalized spacial score (nSPS) is 23.3. The van der Waals surface area contributed by atoms with E-state index >= 15 is 0 Å². The Hall–Kier alpha value is -3.40. The summed E-state index contributed by atoms with van der Waals surface area (Å²) in [6.07, 6.45) is 1.96. The third kappa shape index (κ3) is 6.43. The highest BCUT2D eigenvalue weighted by Gasteiger charge is 2.39. The van der Waals surface area contributed by atoms with Crippen molar-refractivity contribution >= 4 is 17.7 Å².